The average Bonchev–Trinajstić information content (AvgIpc) is 2.28. The van der Waals surface area contributed by atoms with E-state index >= 15 is 0 Å². The van der Waals surface area contributed by atoms with Gasteiger partial charge < -0.3 is 9.53 Å². The Kier molecular flexibility index (Phi) is 4.51. The van der Waals surface area contributed by atoms with Gasteiger partial charge in [0.05, 0.1) is 7.11 Å². The summed E-state index contributed by atoms with van der Waals surface area (Å²) in [5.41, 5.74) is -0.291. The van der Waals surface area contributed by atoms with Gasteiger partial charge in [0.1, 0.15) is 6.29 Å². The van der Waals surface area contributed by atoms with Crippen LogP contribution in [0.5, 0.6) is 0 Å². The molecule has 3 heteroatoms. The zero-order chi connectivity index (χ0) is 12.2. The predicted molar refractivity (Wildman–Crippen MR) is 61.9 cm³/mol. The molecule has 1 saturated carbocycles. The van der Waals surface area contributed by atoms with Crippen LogP contribution in [0.3, 0.4) is 0 Å². The number of aldehydes is 1. The second kappa shape index (κ2) is 5.46. The molecule has 0 aromatic carbocycles. The first-order chi connectivity index (χ1) is 7.54. The zero-order valence-electron chi connectivity index (χ0n) is 10.5. The zero-order valence-corrected chi connectivity index (χ0v) is 10.5. The van der Waals surface area contributed by atoms with Crippen LogP contribution in [0.15, 0.2) is 0 Å². The minimum absolute atomic E-state index is 0.216. The molecule has 1 aliphatic rings. The summed E-state index contributed by atoms with van der Waals surface area (Å²) in [6.45, 7) is 4.35. The first-order valence-corrected chi connectivity index (χ1v) is 6.07. The minimum Gasteiger partial charge on any atom is -0.469 e. The van der Waals surface area contributed by atoms with Crippen LogP contribution >= 0.6 is 0 Å². The van der Waals surface area contributed by atoms with Gasteiger partial charge >= 0.3 is 5.97 Å². The quantitative estimate of drug-likeness (QED) is 0.546. The maximum Gasteiger partial charge on any atom is 0.305 e. The van der Waals surface area contributed by atoms with Gasteiger partial charge in [-0.2, -0.15) is 0 Å². The molecule has 0 saturated heterocycles. The Morgan fingerprint density at radius 1 is 1.50 bits per heavy atom. The molecule has 0 aromatic rings. The number of hydrogen-bond donors (Lipinski definition) is 0. The number of methoxy groups -OCH3 is 1. The van der Waals surface area contributed by atoms with E-state index in [4.69, 9.17) is 0 Å². The van der Waals surface area contributed by atoms with Crippen LogP contribution in [-0.2, 0) is 14.3 Å². The lowest BCUT2D eigenvalue weighted by molar-refractivity contribution is -0.142. The average molecular weight is 226 g/mol. The molecule has 0 spiro atoms. The standard InChI is InChI=1S/C13H22O3/c1-10-4-6-13(9-14,11(2)8-10)7-5-12(15)16-3/h9-11H,4-8H2,1-3H3. The minimum atomic E-state index is -0.291. The lowest BCUT2D eigenvalue weighted by atomic mass is 9.63. The summed E-state index contributed by atoms with van der Waals surface area (Å²) in [6.07, 6.45) is 5.15. The van der Waals surface area contributed by atoms with Crippen molar-refractivity contribution < 1.29 is 14.3 Å². The normalized spacial score (nSPS) is 34.4. The number of carbonyl (C=O) groups excluding carboxylic acids is 2. The molecule has 16 heavy (non-hydrogen) atoms. The Bertz CT molecular complexity index is 262. The number of carbonyl (C=O) groups is 2. The fraction of sp³-hybridized carbons (Fsp3) is 0.846. The number of esters is 1. The van der Waals surface area contributed by atoms with Crippen LogP contribution in [0, 0.1) is 17.3 Å². The van der Waals surface area contributed by atoms with E-state index in [1.54, 1.807) is 0 Å². The summed E-state index contributed by atoms with van der Waals surface area (Å²) in [7, 11) is 1.39. The van der Waals surface area contributed by atoms with Crippen molar-refractivity contribution in [3.05, 3.63) is 0 Å². The largest absolute Gasteiger partial charge is 0.469 e. The first-order valence-electron chi connectivity index (χ1n) is 6.07. The number of hydrogen-bond acceptors (Lipinski definition) is 3. The van der Waals surface area contributed by atoms with Crippen LogP contribution in [0.25, 0.3) is 0 Å². The molecule has 0 bridgehead atoms. The van der Waals surface area contributed by atoms with Gasteiger partial charge in [0, 0.05) is 11.8 Å². The van der Waals surface area contributed by atoms with E-state index in [9.17, 15) is 9.59 Å². The molecule has 0 aromatic heterocycles. The van der Waals surface area contributed by atoms with Crippen LogP contribution in [0.1, 0.15) is 46.0 Å². The van der Waals surface area contributed by atoms with E-state index < -0.39 is 0 Å². The summed E-state index contributed by atoms with van der Waals surface area (Å²) < 4.78 is 4.63. The predicted octanol–water partition coefficient (Wildman–Crippen LogP) is 2.58. The Hall–Kier alpha value is -0.860. The molecule has 1 fully saturated rings. The Balaban J connectivity index is 2.62. The second-order valence-electron chi connectivity index (χ2n) is 5.21. The van der Waals surface area contributed by atoms with E-state index in [0.29, 0.717) is 24.7 Å². The fourth-order valence-electron chi connectivity index (χ4n) is 2.76. The SMILES string of the molecule is COC(=O)CCC1(C=O)CCC(C)CC1C. The van der Waals surface area contributed by atoms with Crippen molar-refractivity contribution in [2.45, 2.75) is 46.0 Å². The van der Waals surface area contributed by atoms with Crippen molar-refractivity contribution in [1.29, 1.82) is 0 Å². The molecule has 3 atom stereocenters. The molecular weight excluding hydrogens is 204 g/mol. The van der Waals surface area contributed by atoms with Crippen molar-refractivity contribution in [3.63, 3.8) is 0 Å². The van der Waals surface area contributed by atoms with Crippen molar-refractivity contribution in [2.75, 3.05) is 7.11 Å². The van der Waals surface area contributed by atoms with Gasteiger partial charge in [0.25, 0.3) is 0 Å². The molecule has 1 rings (SSSR count). The monoisotopic (exact) mass is 226 g/mol. The van der Waals surface area contributed by atoms with Crippen molar-refractivity contribution >= 4 is 12.3 Å². The van der Waals surface area contributed by atoms with Crippen molar-refractivity contribution in [3.8, 4) is 0 Å². The molecule has 0 aliphatic heterocycles. The molecule has 92 valence electrons. The molecule has 3 unspecified atom stereocenters. The molecule has 0 amide bonds. The summed E-state index contributed by atoms with van der Waals surface area (Å²) in [6, 6.07) is 0. The summed E-state index contributed by atoms with van der Waals surface area (Å²) in [5, 5.41) is 0. The smallest absolute Gasteiger partial charge is 0.305 e. The summed E-state index contributed by atoms with van der Waals surface area (Å²) in [4.78, 5) is 22.5. The highest BCUT2D eigenvalue weighted by Gasteiger charge is 2.40. The lowest BCUT2D eigenvalue weighted by Gasteiger charge is -2.40. The van der Waals surface area contributed by atoms with Crippen LogP contribution in [0.4, 0.5) is 0 Å². The van der Waals surface area contributed by atoms with Gasteiger partial charge in [-0.15, -0.1) is 0 Å². The maximum atomic E-state index is 11.3. The highest BCUT2D eigenvalue weighted by Crippen LogP contribution is 2.45. The van der Waals surface area contributed by atoms with Gasteiger partial charge in [-0.25, -0.2) is 0 Å². The molecule has 1 aliphatic carbocycles. The molecule has 0 N–H and O–H groups in total. The Labute approximate surface area is 97.5 Å². The lowest BCUT2D eigenvalue weighted by Crippen LogP contribution is -2.36. The van der Waals surface area contributed by atoms with Crippen LogP contribution in [0.2, 0.25) is 0 Å². The molecule has 0 radical (unpaired) electrons. The van der Waals surface area contributed by atoms with Crippen LogP contribution in [-0.4, -0.2) is 19.4 Å². The third-order valence-corrected chi connectivity index (χ3v) is 4.10. The van der Waals surface area contributed by atoms with E-state index in [0.717, 1.165) is 25.5 Å². The highest BCUT2D eigenvalue weighted by molar-refractivity contribution is 5.70. The molecular formula is C13H22O3. The molecule has 3 nitrogen and oxygen atoms in total. The van der Waals surface area contributed by atoms with Gasteiger partial charge in [-0.3, -0.25) is 4.79 Å². The van der Waals surface area contributed by atoms with E-state index in [1.165, 1.54) is 7.11 Å². The Morgan fingerprint density at radius 2 is 2.19 bits per heavy atom. The van der Waals surface area contributed by atoms with Gasteiger partial charge in [0.15, 0.2) is 0 Å². The third kappa shape index (κ3) is 2.83. The number of ether oxygens (including phenoxy) is 1. The fourth-order valence-corrected chi connectivity index (χ4v) is 2.76. The molecule has 0 heterocycles. The third-order valence-electron chi connectivity index (χ3n) is 4.10. The Morgan fingerprint density at radius 3 is 2.69 bits per heavy atom. The summed E-state index contributed by atoms with van der Waals surface area (Å²) in [5.74, 6) is 0.853. The second-order valence-corrected chi connectivity index (χ2v) is 5.21. The van der Waals surface area contributed by atoms with Crippen LogP contribution < -0.4 is 0 Å². The van der Waals surface area contributed by atoms with E-state index in [2.05, 4.69) is 18.6 Å². The van der Waals surface area contributed by atoms with Gasteiger partial charge in [-0.1, -0.05) is 13.8 Å². The summed E-state index contributed by atoms with van der Waals surface area (Å²) >= 11 is 0. The topological polar surface area (TPSA) is 43.4 Å². The van der Waals surface area contributed by atoms with Gasteiger partial charge in [-0.05, 0) is 37.5 Å². The van der Waals surface area contributed by atoms with E-state index in [-0.39, 0.29) is 11.4 Å². The number of rotatable bonds is 4. The van der Waals surface area contributed by atoms with Gasteiger partial charge in [0.2, 0.25) is 0 Å². The van der Waals surface area contributed by atoms with Crippen molar-refractivity contribution in [2.24, 2.45) is 17.3 Å². The first kappa shape index (κ1) is 13.2. The highest BCUT2D eigenvalue weighted by atomic mass is 16.5. The van der Waals surface area contributed by atoms with Crippen molar-refractivity contribution in [1.82, 2.24) is 0 Å². The van der Waals surface area contributed by atoms with E-state index in [1.807, 2.05) is 0 Å². The maximum absolute atomic E-state index is 11.3.